The van der Waals surface area contributed by atoms with E-state index in [0.29, 0.717) is 5.92 Å². The summed E-state index contributed by atoms with van der Waals surface area (Å²) in [6.07, 6.45) is 2.11. The molecule has 0 spiro atoms. The number of alkyl halides is 2. The van der Waals surface area contributed by atoms with Gasteiger partial charge in [-0.3, -0.25) is 0 Å². The van der Waals surface area contributed by atoms with E-state index in [2.05, 4.69) is 19.2 Å². The van der Waals surface area contributed by atoms with Crippen LogP contribution >= 0.6 is 0 Å². The molecule has 0 fully saturated rings. The van der Waals surface area contributed by atoms with Crippen LogP contribution in [0.1, 0.15) is 26.7 Å². The molecule has 0 aromatic heterocycles. The Balaban J connectivity index is 2.72. The van der Waals surface area contributed by atoms with Gasteiger partial charge < -0.3 is 5.32 Å². The van der Waals surface area contributed by atoms with Crippen molar-refractivity contribution in [3.63, 3.8) is 0 Å². The van der Waals surface area contributed by atoms with E-state index in [9.17, 15) is 17.2 Å². The van der Waals surface area contributed by atoms with Crippen LogP contribution in [0.25, 0.3) is 0 Å². The van der Waals surface area contributed by atoms with E-state index in [1.807, 2.05) is 0 Å². The Hall–Kier alpha value is -1.17. The van der Waals surface area contributed by atoms with Crippen molar-refractivity contribution in [2.45, 2.75) is 37.3 Å². The zero-order chi connectivity index (χ0) is 14.5. The summed E-state index contributed by atoms with van der Waals surface area (Å²) in [7, 11) is -4.50. The maximum Gasteiger partial charge on any atom is 0.341 e. The molecule has 0 atom stereocenters. The molecule has 1 N–H and O–H groups in total. The Morgan fingerprint density at radius 3 is 2.05 bits per heavy atom. The lowest BCUT2D eigenvalue weighted by molar-refractivity contribution is 0.234. The Kier molecular flexibility index (Phi) is 5.72. The molecule has 108 valence electrons. The Morgan fingerprint density at radius 2 is 1.63 bits per heavy atom. The van der Waals surface area contributed by atoms with Gasteiger partial charge in [-0.05, 0) is 30.2 Å². The number of rotatable bonds is 7. The highest BCUT2D eigenvalue weighted by atomic mass is 32.2. The average Bonchev–Trinajstić information content (AvgIpc) is 2.40. The lowest BCUT2D eigenvalue weighted by Crippen LogP contribution is -2.13. The summed E-state index contributed by atoms with van der Waals surface area (Å²) in [4.78, 5) is -0.351. The first-order valence-corrected chi connectivity index (χ1v) is 7.82. The first-order chi connectivity index (χ1) is 8.91. The van der Waals surface area contributed by atoms with Gasteiger partial charge in [0, 0.05) is 12.2 Å². The third-order valence-electron chi connectivity index (χ3n) is 3.17. The molecule has 3 nitrogen and oxygen atoms in total. The Labute approximate surface area is 112 Å². The van der Waals surface area contributed by atoms with Crippen molar-refractivity contribution in [3.8, 4) is 0 Å². The zero-order valence-corrected chi connectivity index (χ0v) is 11.9. The summed E-state index contributed by atoms with van der Waals surface area (Å²) in [6, 6.07) is 5.43. The van der Waals surface area contributed by atoms with E-state index in [-0.39, 0.29) is 4.90 Å². The fourth-order valence-electron chi connectivity index (χ4n) is 1.70. The second kappa shape index (κ2) is 6.84. The molecule has 0 unspecified atom stereocenters. The molecular formula is C13H19F2NO2S. The fraction of sp³-hybridized carbons (Fsp3) is 0.538. The highest BCUT2D eigenvalue weighted by Crippen LogP contribution is 2.20. The lowest BCUT2D eigenvalue weighted by atomic mass is 10.0. The summed E-state index contributed by atoms with van der Waals surface area (Å²) in [5, 5.41) is 3.17. The second-order valence-corrected chi connectivity index (χ2v) is 6.31. The number of halogens is 2. The van der Waals surface area contributed by atoms with Crippen LogP contribution in [0.2, 0.25) is 0 Å². The minimum atomic E-state index is -4.50. The zero-order valence-electron chi connectivity index (χ0n) is 11.1. The van der Waals surface area contributed by atoms with Crippen LogP contribution < -0.4 is 5.32 Å². The summed E-state index contributed by atoms with van der Waals surface area (Å²) in [6.45, 7) is 5.00. The summed E-state index contributed by atoms with van der Waals surface area (Å²) < 4.78 is 47.1. The highest BCUT2D eigenvalue weighted by Gasteiger charge is 2.26. The van der Waals surface area contributed by atoms with Gasteiger partial charge in [-0.1, -0.05) is 26.7 Å². The van der Waals surface area contributed by atoms with Crippen LogP contribution in [-0.2, 0) is 9.84 Å². The van der Waals surface area contributed by atoms with E-state index in [0.717, 1.165) is 25.1 Å². The SMILES string of the molecule is CCC(CC)CNc1ccc(S(=O)(=O)C(F)F)cc1. The van der Waals surface area contributed by atoms with Gasteiger partial charge in [0.05, 0.1) is 4.90 Å². The third-order valence-corrected chi connectivity index (χ3v) is 4.57. The molecule has 6 heteroatoms. The predicted molar refractivity (Wildman–Crippen MR) is 72.2 cm³/mol. The summed E-state index contributed by atoms with van der Waals surface area (Å²) >= 11 is 0. The molecule has 1 aromatic rings. The molecule has 0 radical (unpaired) electrons. The van der Waals surface area contributed by atoms with Crippen molar-refractivity contribution in [1.82, 2.24) is 0 Å². The van der Waals surface area contributed by atoms with Gasteiger partial charge in [0.2, 0.25) is 9.84 Å². The molecule has 0 aliphatic heterocycles. The van der Waals surface area contributed by atoms with E-state index in [1.165, 1.54) is 24.3 Å². The molecule has 1 aromatic carbocycles. The molecule has 0 bridgehead atoms. The molecule has 0 amide bonds. The summed E-state index contributed by atoms with van der Waals surface area (Å²) in [5.41, 5.74) is 0.736. The second-order valence-electron chi connectivity index (χ2n) is 4.39. The molecule has 0 heterocycles. The largest absolute Gasteiger partial charge is 0.385 e. The van der Waals surface area contributed by atoms with E-state index < -0.39 is 15.6 Å². The van der Waals surface area contributed by atoms with Gasteiger partial charge >= 0.3 is 5.76 Å². The van der Waals surface area contributed by atoms with E-state index >= 15 is 0 Å². The van der Waals surface area contributed by atoms with E-state index in [1.54, 1.807) is 0 Å². The third kappa shape index (κ3) is 4.16. The maximum atomic E-state index is 12.3. The molecule has 0 saturated carbocycles. The smallest absolute Gasteiger partial charge is 0.341 e. The van der Waals surface area contributed by atoms with Crippen molar-refractivity contribution in [2.75, 3.05) is 11.9 Å². The first kappa shape index (κ1) is 15.9. The fourth-order valence-corrected chi connectivity index (χ4v) is 2.43. The average molecular weight is 291 g/mol. The van der Waals surface area contributed by atoms with Crippen LogP contribution in [0.3, 0.4) is 0 Å². The van der Waals surface area contributed by atoms with Crippen LogP contribution in [0.15, 0.2) is 29.2 Å². The van der Waals surface area contributed by atoms with Crippen molar-refractivity contribution >= 4 is 15.5 Å². The molecule has 0 aliphatic carbocycles. The Morgan fingerprint density at radius 1 is 1.11 bits per heavy atom. The minimum Gasteiger partial charge on any atom is -0.385 e. The van der Waals surface area contributed by atoms with Crippen LogP contribution in [0, 0.1) is 5.92 Å². The Bertz CT molecular complexity index is 482. The van der Waals surface area contributed by atoms with Crippen LogP contribution in [-0.4, -0.2) is 20.7 Å². The monoisotopic (exact) mass is 291 g/mol. The van der Waals surface area contributed by atoms with Gasteiger partial charge in [0.15, 0.2) is 0 Å². The number of hydrogen-bond acceptors (Lipinski definition) is 3. The van der Waals surface area contributed by atoms with Gasteiger partial charge in [-0.25, -0.2) is 8.42 Å². The highest BCUT2D eigenvalue weighted by molar-refractivity contribution is 7.91. The standard InChI is InChI=1S/C13H19F2NO2S/c1-3-10(4-2)9-16-11-5-7-12(8-6-11)19(17,18)13(14)15/h5-8,10,13,16H,3-4,9H2,1-2H3. The number of hydrogen-bond donors (Lipinski definition) is 1. The molecule has 0 aliphatic rings. The summed E-state index contributed by atoms with van der Waals surface area (Å²) in [5.74, 6) is -2.83. The maximum absolute atomic E-state index is 12.3. The molecule has 19 heavy (non-hydrogen) atoms. The van der Waals surface area contributed by atoms with Crippen molar-refractivity contribution in [3.05, 3.63) is 24.3 Å². The van der Waals surface area contributed by atoms with Crippen LogP contribution in [0.4, 0.5) is 14.5 Å². The quantitative estimate of drug-likeness (QED) is 0.836. The number of benzene rings is 1. The van der Waals surface area contributed by atoms with Crippen molar-refractivity contribution in [1.29, 1.82) is 0 Å². The number of nitrogens with one attached hydrogen (secondary N) is 1. The topological polar surface area (TPSA) is 46.2 Å². The minimum absolute atomic E-state index is 0.351. The van der Waals surface area contributed by atoms with Crippen molar-refractivity contribution in [2.24, 2.45) is 5.92 Å². The van der Waals surface area contributed by atoms with Gasteiger partial charge in [0.25, 0.3) is 0 Å². The first-order valence-electron chi connectivity index (χ1n) is 6.27. The lowest BCUT2D eigenvalue weighted by Gasteiger charge is -2.14. The normalized spacial score (nSPS) is 12.1. The molecule has 0 saturated heterocycles. The predicted octanol–water partition coefficient (Wildman–Crippen LogP) is 3.53. The van der Waals surface area contributed by atoms with Gasteiger partial charge in [0.1, 0.15) is 0 Å². The number of sulfone groups is 1. The van der Waals surface area contributed by atoms with Gasteiger partial charge in [-0.2, -0.15) is 8.78 Å². The van der Waals surface area contributed by atoms with Crippen molar-refractivity contribution < 1.29 is 17.2 Å². The number of anilines is 1. The molecule has 1 rings (SSSR count). The van der Waals surface area contributed by atoms with Gasteiger partial charge in [-0.15, -0.1) is 0 Å². The van der Waals surface area contributed by atoms with Crippen LogP contribution in [0.5, 0.6) is 0 Å². The molecular weight excluding hydrogens is 272 g/mol. The van der Waals surface area contributed by atoms with E-state index in [4.69, 9.17) is 0 Å².